The Kier molecular flexibility index (Phi) is 5.33. The molecule has 92 valence electrons. The molecule has 0 saturated heterocycles. The second-order valence-corrected chi connectivity index (χ2v) is 6.60. The van der Waals surface area contributed by atoms with Crippen molar-refractivity contribution >= 4 is 39.0 Å². The van der Waals surface area contributed by atoms with E-state index in [-0.39, 0.29) is 6.61 Å². The Balaban J connectivity index is 1.96. The number of benzene rings is 1. The largest absolute Gasteiger partial charge is 0.384 e. The van der Waals surface area contributed by atoms with Crippen molar-refractivity contribution in [2.45, 2.75) is 10.6 Å². The van der Waals surface area contributed by atoms with Crippen LogP contribution in [0.1, 0.15) is 9.75 Å². The Labute approximate surface area is 123 Å². The zero-order valence-corrected chi connectivity index (χ0v) is 12.7. The summed E-state index contributed by atoms with van der Waals surface area (Å²) >= 11 is 6.95. The maximum atomic E-state index is 8.63. The van der Waals surface area contributed by atoms with E-state index < -0.39 is 0 Å². The molecule has 0 amide bonds. The van der Waals surface area contributed by atoms with Crippen LogP contribution in [0.4, 0.5) is 0 Å². The summed E-state index contributed by atoms with van der Waals surface area (Å²) in [5.74, 6) is 6.53. The van der Waals surface area contributed by atoms with E-state index in [0.29, 0.717) is 0 Å². The molecule has 2 rings (SSSR count). The van der Waals surface area contributed by atoms with Crippen LogP contribution in [0, 0.1) is 11.8 Å². The van der Waals surface area contributed by atoms with Gasteiger partial charge < -0.3 is 5.11 Å². The quantitative estimate of drug-likeness (QED) is 0.670. The van der Waals surface area contributed by atoms with Crippen LogP contribution < -0.4 is 0 Å². The molecule has 0 saturated carbocycles. The smallest absolute Gasteiger partial charge is 0.104 e. The summed E-state index contributed by atoms with van der Waals surface area (Å²) < 4.78 is 1.10. The fourth-order valence-corrected chi connectivity index (χ4v) is 3.79. The van der Waals surface area contributed by atoms with Crippen LogP contribution in [0.15, 0.2) is 45.8 Å². The average molecular weight is 339 g/mol. The van der Waals surface area contributed by atoms with Crippen molar-refractivity contribution in [3.63, 3.8) is 0 Å². The third-order valence-corrected chi connectivity index (χ3v) is 4.85. The SMILES string of the molecule is OCC#Cc1ccc(CSc2cccc(Br)c2)s1. The molecule has 1 heterocycles. The van der Waals surface area contributed by atoms with Gasteiger partial charge in [0, 0.05) is 20.0 Å². The predicted molar refractivity (Wildman–Crippen MR) is 82.0 cm³/mol. The Bertz CT molecular complexity index is 581. The lowest BCUT2D eigenvalue weighted by atomic mass is 10.4. The van der Waals surface area contributed by atoms with Crippen LogP contribution in [0.5, 0.6) is 0 Å². The highest BCUT2D eigenvalue weighted by molar-refractivity contribution is 9.10. The molecule has 0 aliphatic carbocycles. The molecule has 0 aliphatic rings. The Morgan fingerprint density at radius 3 is 2.94 bits per heavy atom. The second-order valence-electron chi connectivity index (χ2n) is 3.47. The lowest BCUT2D eigenvalue weighted by Gasteiger charge is -1.99. The number of halogens is 1. The first-order valence-electron chi connectivity index (χ1n) is 5.35. The Morgan fingerprint density at radius 2 is 2.17 bits per heavy atom. The zero-order chi connectivity index (χ0) is 12.8. The van der Waals surface area contributed by atoms with Gasteiger partial charge in [-0.15, -0.1) is 23.1 Å². The van der Waals surface area contributed by atoms with E-state index in [0.717, 1.165) is 15.1 Å². The van der Waals surface area contributed by atoms with Crippen LogP contribution in [-0.4, -0.2) is 11.7 Å². The van der Waals surface area contributed by atoms with E-state index in [1.165, 1.54) is 9.77 Å². The summed E-state index contributed by atoms with van der Waals surface area (Å²) in [6.07, 6.45) is 0. The number of aliphatic hydroxyl groups excluding tert-OH is 1. The molecule has 0 unspecified atom stereocenters. The minimum absolute atomic E-state index is 0.0833. The fraction of sp³-hybridized carbons (Fsp3) is 0.143. The minimum atomic E-state index is -0.0833. The van der Waals surface area contributed by atoms with Gasteiger partial charge in [-0.05, 0) is 30.3 Å². The highest BCUT2D eigenvalue weighted by Gasteiger charge is 2.00. The van der Waals surface area contributed by atoms with E-state index in [9.17, 15) is 0 Å². The van der Waals surface area contributed by atoms with E-state index in [4.69, 9.17) is 5.11 Å². The third-order valence-electron chi connectivity index (χ3n) is 2.13. The van der Waals surface area contributed by atoms with E-state index in [2.05, 4.69) is 46.0 Å². The minimum Gasteiger partial charge on any atom is -0.384 e. The standard InChI is InChI=1S/C14H11BrOS2/c15-11-3-1-4-13(9-11)17-10-14-7-6-12(18-14)5-2-8-16/h1,3-4,6-7,9,16H,8,10H2. The first-order chi connectivity index (χ1) is 8.78. The van der Waals surface area contributed by atoms with Crippen LogP contribution in [0.2, 0.25) is 0 Å². The highest BCUT2D eigenvalue weighted by Crippen LogP contribution is 2.28. The van der Waals surface area contributed by atoms with E-state index in [1.807, 2.05) is 30.0 Å². The summed E-state index contributed by atoms with van der Waals surface area (Å²) in [7, 11) is 0. The molecule has 1 N–H and O–H groups in total. The molecule has 2 aromatic rings. The first-order valence-corrected chi connectivity index (χ1v) is 7.94. The van der Waals surface area contributed by atoms with Crippen molar-refractivity contribution in [1.29, 1.82) is 0 Å². The van der Waals surface area contributed by atoms with Gasteiger partial charge in [-0.1, -0.05) is 33.8 Å². The molecule has 0 bridgehead atoms. The maximum Gasteiger partial charge on any atom is 0.104 e. The second kappa shape index (κ2) is 7.01. The first kappa shape index (κ1) is 13.7. The molecule has 0 radical (unpaired) electrons. The van der Waals surface area contributed by atoms with Gasteiger partial charge in [0.25, 0.3) is 0 Å². The van der Waals surface area contributed by atoms with Crippen LogP contribution in [-0.2, 0) is 5.75 Å². The van der Waals surface area contributed by atoms with E-state index in [1.54, 1.807) is 11.3 Å². The van der Waals surface area contributed by atoms with Crippen LogP contribution in [0.3, 0.4) is 0 Å². The van der Waals surface area contributed by atoms with Crippen molar-refractivity contribution in [3.8, 4) is 11.8 Å². The Morgan fingerprint density at radius 1 is 1.28 bits per heavy atom. The number of thioether (sulfide) groups is 1. The van der Waals surface area contributed by atoms with Gasteiger partial charge in [0.15, 0.2) is 0 Å². The monoisotopic (exact) mass is 338 g/mol. The van der Waals surface area contributed by atoms with Gasteiger partial charge >= 0.3 is 0 Å². The number of aliphatic hydroxyl groups is 1. The van der Waals surface area contributed by atoms with Gasteiger partial charge in [-0.2, -0.15) is 0 Å². The summed E-state index contributed by atoms with van der Waals surface area (Å²) in [5.41, 5.74) is 0. The lowest BCUT2D eigenvalue weighted by molar-refractivity contribution is 0.350. The lowest BCUT2D eigenvalue weighted by Crippen LogP contribution is -1.74. The molecule has 1 aromatic heterocycles. The summed E-state index contributed by atoms with van der Waals surface area (Å²) in [5, 5.41) is 8.63. The molecule has 4 heteroatoms. The number of thiophene rings is 1. The van der Waals surface area contributed by atoms with Crippen molar-refractivity contribution in [3.05, 3.63) is 50.6 Å². The molecular weight excluding hydrogens is 328 g/mol. The van der Waals surface area contributed by atoms with Crippen molar-refractivity contribution < 1.29 is 5.11 Å². The molecule has 0 spiro atoms. The molecule has 18 heavy (non-hydrogen) atoms. The number of rotatable bonds is 3. The molecule has 0 atom stereocenters. The van der Waals surface area contributed by atoms with Gasteiger partial charge in [0.2, 0.25) is 0 Å². The molecule has 0 fully saturated rings. The highest BCUT2D eigenvalue weighted by atomic mass is 79.9. The Hall–Kier alpha value is -0.730. The molecule has 0 aliphatic heterocycles. The van der Waals surface area contributed by atoms with Gasteiger partial charge in [-0.3, -0.25) is 0 Å². The molecule has 1 nitrogen and oxygen atoms in total. The zero-order valence-electron chi connectivity index (χ0n) is 9.52. The van der Waals surface area contributed by atoms with Gasteiger partial charge in [0.1, 0.15) is 6.61 Å². The van der Waals surface area contributed by atoms with Crippen molar-refractivity contribution in [2.24, 2.45) is 0 Å². The van der Waals surface area contributed by atoms with Crippen LogP contribution >= 0.6 is 39.0 Å². The molecule has 1 aromatic carbocycles. The number of hydrogen-bond acceptors (Lipinski definition) is 3. The fourth-order valence-electron chi connectivity index (χ4n) is 1.36. The summed E-state index contributed by atoms with van der Waals surface area (Å²) in [6, 6.07) is 12.4. The molecular formula is C14H11BrOS2. The average Bonchev–Trinajstić information content (AvgIpc) is 2.82. The summed E-state index contributed by atoms with van der Waals surface area (Å²) in [4.78, 5) is 3.55. The third kappa shape index (κ3) is 4.18. The van der Waals surface area contributed by atoms with Crippen molar-refractivity contribution in [1.82, 2.24) is 0 Å². The maximum absolute atomic E-state index is 8.63. The predicted octanol–water partition coefficient (Wildman–Crippen LogP) is 4.15. The van der Waals surface area contributed by atoms with Gasteiger partial charge in [0.05, 0.1) is 4.88 Å². The number of hydrogen-bond donors (Lipinski definition) is 1. The van der Waals surface area contributed by atoms with Gasteiger partial charge in [-0.25, -0.2) is 0 Å². The topological polar surface area (TPSA) is 20.2 Å². The van der Waals surface area contributed by atoms with E-state index >= 15 is 0 Å². The normalized spacial score (nSPS) is 9.89. The van der Waals surface area contributed by atoms with Crippen LogP contribution in [0.25, 0.3) is 0 Å². The summed E-state index contributed by atoms with van der Waals surface area (Å²) in [6.45, 7) is -0.0833. The van der Waals surface area contributed by atoms with Crippen molar-refractivity contribution in [2.75, 3.05) is 6.61 Å².